The first-order valence-electron chi connectivity index (χ1n) is 13.8. The van der Waals surface area contributed by atoms with E-state index in [1.165, 1.54) is 5.57 Å². The number of carbonyl (C=O) groups is 2. The fraction of sp³-hybridized carbons (Fsp3) is 0.786. The molecule has 6 aliphatic rings. The highest BCUT2D eigenvalue weighted by molar-refractivity contribution is 5.81. The van der Waals surface area contributed by atoms with Crippen LogP contribution in [0.5, 0.6) is 0 Å². The predicted molar refractivity (Wildman–Crippen MR) is 131 cm³/mol. The van der Waals surface area contributed by atoms with E-state index in [9.17, 15) is 9.59 Å². The smallest absolute Gasteiger partial charge is 0.410 e. The van der Waals surface area contributed by atoms with Gasteiger partial charge >= 0.3 is 6.09 Å². The van der Waals surface area contributed by atoms with Crippen LogP contribution < -0.4 is 0 Å². The maximum absolute atomic E-state index is 13.0. The predicted octanol–water partition coefficient (Wildman–Crippen LogP) is 4.51. The molecule has 0 radical (unpaired) electrons. The number of fused-ring (bicyclic) bond motifs is 3. The van der Waals surface area contributed by atoms with E-state index in [1.54, 1.807) is 5.57 Å². The number of nitrogens with zero attached hydrogens (tertiary/aromatic N) is 3. The van der Waals surface area contributed by atoms with Gasteiger partial charge in [0, 0.05) is 42.5 Å². The number of carbonyl (C=O) groups excluding carboxylic acids is 2. The van der Waals surface area contributed by atoms with Crippen molar-refractivity contribution >= 4 is 12.0 Å². The summed E-state index contributed by atoms with van der Waals surface area (Å²) in [7, 11) is 0. The number of rotatable bonds is 3. The average Bonchev–Trinajstić information content (AvgIpc) is 3.63. The van der Waals surface area contributed by atoms with Crippen molar-refractivity contribution in [1.82, 2.24) is 14.7 Å². The third-order valence-corrected chi connectivity index (χ3v) is 9.49. The van der Waals surface area contributed by atoms with Gasteiger partial charge in [0.2, 0.25) is 5.91 Å². The summed E-state index contributed by atoms with van der Waals surface area (Å²) >= 11 is 0. The normalized spacial score (nSPS) is 33.0. The van der Waals surface area contributed by atoms with Crippen LogP contribution in [0.1, 0.15) is 78.1 Å². The number of piperidine rings is 2. The van der Waals surface area contributed by atoms with Gasteiger partial charge in [-0.05, 0) is 102 Å². The summed E-state index contributed by atoms with van der Waals surface area (Å²) in [5.41, 5.74) is 3.25. The van der Waals surface area contributed by atoms with E-state index in [0.717, 1.165) is 90.4 Å². The van der Waals surface area contributed by atoms with Crippen molar-refractivity contribution in [3.63, 3.8) is 0 Å². The third-order valence-electron chi connectivity index (χ3n) is 9.49. The average molecular weight is 468 g/mol. The number of hydrogen-bond donors (Lipinski definition) is 0. The summed E-state index contributed by atoms with van der Waals surface area (Å²) in [4.78, 5) is 32.7. The Hall–Kier alpha value is -1.82. The van der Waals surface area contributed by atoms with Crippen LogP contribution >= 0.6 is 0 Å². The highest BCUT2D eigenvalue weighted by atomic mass is 16.6. The molecule has 6 rings (SSSR count). The molecule has 2 amide bonds. The molecule has 2 aliphatic carbocycles. The molecule has 0 aromatic rings. The lowest BCUT2D eigenvalue weighted by Crippen LogP contribution is -2.57. The lowest BCUT2D eigenvalue weighted by atomic mass is 9.66. The number of amides is 2. The summed E-state index contributed by atoms with van der Waals surface area (Å²) < 4.78 is 5.56. The number of hydrogen-bond acceptors (Lipinski definition) is 4. The fourth-order valence-electron chi connectivity index (χ4n) is 7.66. The molecule has 0 N–H and O–H groups in total. The second-order valence-corrected chi connectivity index (χ2v) is 12.1. The van der Waals surface area contributed by atoms with Crippen molar-refractivity contribution in [2.24, 2.45) is 11.3 Å². The zero-order chi connectivity index (χ0) is 23.4. The molecule has 1 saturated carbocycles. The minimum absolute atomic E-state index is 0.0576. The molecule has 6 nitrogen and oxygen atoms in total. The van der Waals surface area contributed by atoms with Gasteiger partial charge in [-0.1, -0.05) is 12.2 Å². The highest BCUT2D eigenvalue weighted by Crippen LogP contribution is 2.49. The maximum Gasteiger partial charge on any atom is 0.410 e. The molecule has 1 spiro atoms. The van der Waals surface area contributed by atoms with Crippen LogP contribution in [-0.4, -0.2) is 77.1 Å². The summed E-state index contributed by atoms with van der Waals surface area (Å²) in [6.07, 6.45) is 15.7. The minimum Gasteiger partial charge on any atom is -0.447 e. The van der Waals surface area contributed by atoms with E-state index in [4.69, 9.17) is 4.74 Å². The van der Waals surface area contributed by atoms with E-state index >= 15 is 0 Å². The van der Waals surface area contributed by atoms with Crippen LogP contribution in [0, 0.1) is 11.3 Å². The van der Waals surface area contributed by atoms with Gasteiger partial charge in [0.05, 0.1) is 6.10 Å². The molecule has 2 unspecified atom stereocenters. The number of ether oxygens (including phenoxy) is 1. The molecular weight excluding hydrogens is 426 g/mol. The van der Waals surface area contributed by atoms with E-state index in [-0.39, 0.29) is 17.6 Å². The van der Waals surface area contributed by atoms with E-state index < -0.39 is 0 Å². The second-order valence-electron chi connectivity index (χ2n) is 12.1. The largest absolute Gasteiger partial charge is 0.447 e. The van der Waals surface area contributed by atoms with Gasteiger partial charge in [-0.15, -0.1) is 0 Å². The molecule has 0 aromatic heterocycles. The lowest BCUT2D eigenvalue weighted by molar-refractivity contribution is -0.134. The molecule has 4 fully saturated rings. The molecule has 4 aliphatic heterocycles. The number of likely N-dealkylation sites (tertiary alicyclic amines) is 1. The minimum atomic E-state index is -0.107. The Kier molecular flexibility index (Phi) is 5.78. The van der Waals surface area contributed by atoms with Gasteiger partial charge in [-0.2, -0.15) is 0 Å². The molecule has 4 heterocycles. The maximum atomic E-state index is 13.0. The first-order chi connectivity index (χ1) is 16.4. The Bertz CT molecular complexity index is 883. The molecule has 3 saturated heterocycles. The van der Waals surface area contributed by atoms with Gasteiger partial charge in [-0.25, -0.2) is 4.79 Å². The van der Waals surface area contributed by atoms with E-state index in [0.29, 0.717) is 30.0 Å². The first kappa shape index (κ1) is 22.6. The SMILES string of the molecule is CC(C)OC(=O)N1C2CCC1CC(N1CCC3(CC1)CN(C(=O)C1CC1)CC1=C3C=CCC1)C2. The quantitative estimate of drug-likeness (QED) is 0.613. The van der Waals surface area contributed by atoms with E-state index in [1.807, 2.05) is 13.8 Å². The Morgan fingerprint density at radius 1 is 1.03 bits per heavy atom. The van der Waals surface area contributed by atoms with Crippen LogP contribution in [0.25, 0.3) is 0 Å². The molecule has 2 atom stereocenters. The molecule has 2 bridgehead atoms. The molecule has 0 aromatic carbocycles. The van der Waals surface area contributed by atoms with Gasteiger partial charge in [0.25, 0.3) is 0 Å². The van der Waals surface area contributed by atoms with Crippen molar-refractivity contribution < 1.29 is 14.3 Å². The van der Waals surface area contributed by atoms with E-state index in [2.05, 4.69) is 26.9 Å². The van der Waals surface area contributed by atoms with Crippen LogP contribution in [0.2, 0.25) is 0 Å². The Morgan fingerprint density at radius 2 is 1.74 bits per heavy atom. The Morgan fingerprint density at radius 3 is 2.38 bits per heavy atom. The monoisotopic (exact) mass is 467 g/mol. The van der Waals surface area contributed by atoms with Gasteiger partial charge < -0.3 is 19.4 Å². The summed E-state index contributed by atoms with van der Waals surface area (Å²) in [5, 5.41) is 0. The lowest BCUT2D eigenvalue weighted by Gasteiger charge is -2.52. The van der Waals surface area contributed by atoms with Crippen LogP contribution in [0.15, 0.2) is 23.3 Å². The highest BCUT2D eigenvalue weighted by Gasteiger charge is 2.49. The van der Waals surface area contributed by atoms with Crippen molar-refractivity contribution in [2.45, 2.75) is 102 Å². The van der Waals surface area contributed by atoms with Gasteiger partial charge in [-0.3, -0.25) is 4.79 Å². The standard InChI is InChI=1S/C28H41N3O3/c1-19(2)34-27(33)31-22-9-10-23(31)16-24(15-22)29-13-11-28(12-14-29)18-30(26(32)20-7-8-20)17-21-5-3-4-6-25(21)28/h4,6,19-20,22-24H,3,5,7-18H2,1-2H3. The van der Waals surface area contributed by atoms with Crippen LogP contribution in [0.3, 0.4) is 0 Å². The summed E-state index contributed by atoms with van der Waals surface area (Å²) in [6.45, 7) is 7.87. The Balaban J connectivity index is 1.14. The third kappa shape index (κ3) is 4.00. The van der Waals surface area contributed by atoms with Crippen molar-refractivity contribution in [1.29, 1.82) is 0 Å². The molecular formula is C28H41N3O3. The zero-order valence-corrected chi connectivity index (χ0v) is 21.0. The summed E-state index contributed by atoms with van der Waals surface area (Å²) in [6, 6.07) is 1.24. The van der Waals surface area contributed by atoms with Crippen molar-refractivity contribution in [3.8, 4) is 0 Å². The fourth-order valence-corrected chi connectivity index (χ4v) is 7.66. The van der Waals surface area contributed by atoms with Crippen LogP contribution in [-0.2, 0) is 9.53 Å². The van der Waals surface area contributed by atoms with Crippen LogP contribution in [0.4, 0.5) is 4.79 Å². The second kappa shape index (κ2) is 8.69. The number of allylic oxidation sites excluding steroid dienone is 2. The zero-order valence-electron chi connectivity index (χ0n) is 21.0. The molecule has 34 heavy (non-hydrogen) atoms. The first-order valence-corrected chi connectivity index (χ1v) is 13.8. The topological polar surface area (TPSA) is 53.1 Å². The Labute approximate surface area is 204 Å². The molecule has 186 valence electrons. The van der Waals surface area contributed by atoms with Gasteiger partial charge in [0.15, 0.2) is 0 Å². The van der Waals surface area contributed by atoms with Gasteiger partial charge in [0.1, 0.15) is 0 Å². The van der Waals surface area contributed by atoms with Crippen molar-refractivity contribution in [3.05, 3.63) is 23.3 Å². The summed E-state index contributed by atoms with van der Waals surface area (Å²) in [5.74, 6) is 0.724. The van der Waals surface area contributed by atoms with Crippen molar-refractivity contribution in [2.75, 3.05) is 26.2 Å². The molecule has 6 heteroatoms.